The van der Waals surface area contributed by atoms with Gasteiger partial charge in [0.15, 0.2) is 5.82 Å². The third-order valence-electron chi connectivity index (χ3n) is 5.35. The number of halogens is 1. The number of carbonyl (C=O) groups excluding carboxylic acids is 1. The first-order valence-electron chi connectivity index (χ1n) is 9.93. The standard InChI is InChI=1S/C23H23FN4O2/c1-30-21-8-4-6-18(24)22(21)28(23(29)19-11-14-26-15-27-19)20-7-3-2-5-17(20)16-9-12-25-13-10-16/h2-8,11,14-16,25H,9-10,12-13H2,1H3. The lowest BCUT2D eigenvalue weighted by molar-refractivity contribution is 0.0992. The number of amides is 1. The van der Waals surface area contributed by atoms with Gasteiger partial charge < -0.3 is 10.1 Å². The molecule has 1 aliphatic heterocycles. The SMILES string of the molecule is COc1cccc(F)c1N(C(=O)c1ccncn1)c1ccccc1C1CCNCC1. The minimum absolute atomic E-state index is 0.0741. The summed E-state index contributed by atoms with van der Waals surface area (Å²) in [6.07, 6.45) is 4.69. The van der Waals surface area contributed by atoms with Crippen LogP contribution in [0.3, 0.4) is 0 Å². The Hall–Kier alpha value is -3.32. The van der Waals surface area contributed by atoms with E-state index in [2.05, 4.69) is 15.3 Å². The van der Waals surface area contributed by atoms with Crippen LogP contribution < -0.4 is 15.0 Å². The molecule has 0 saturated carbocycles. The van der Waals surface area contributed by atoms with Crippen LogP contribution in [0.2, 0.25) is 0 Å². The molecule has 0 unspecified atom stereocenters. The van der Waals surface area contributed by atoms with Gasteiger partial charge in [0.2, 0.25) is 0 Å². The molecule has 30 heavy (non-hydrogen) atoms. The summed E-state index contributed by atoms with van der Waals surface area (Å²) in [5.74, 6) is -0.447. The number of rotatable bonds is 5. The van der Waals surface area contributed by atoms with Crippen LogP contribution in [0.25, 0.3) is 0 Å². The molecule has 6 nitrogen and oxygen atoms in total. The second-order valence-electron chi connectivity index (χ2n) is 7.11. The van der Waals surface area contributed by atoms with Gasteiger partial charge in [-0.3, -0.25) is 9.69 Å². The molecule has 0 spiro atoms. The van der Waals surface area contributed by atoms with Crippen LogP contribution in [0.5, 0.6) is 5.75 Å². The Morgan fingerprint density at radius 3 is 2.67 bits per heavy atom. The van der Waals surface area contributed by atoms with E-state index in [0.717, 1.165) is 31.5 Å². The van der Waals surface area contributed by atoms with Gasteiger partial charge in [0.1, 0.15) is 23.5 Å². The highest BCUT2D eigenvalue weighted by Crippen LogP contribution is 2.41. The molecule has 0 radical (unpaired) electrons. The first-order chi connectivity index (χ1) is 14.7. The first kappa shape index (κ1) is 20.0. The van der Waals surface area contributed by atoms with Crippen molar-refractivity contribution in [1.29, 1.82) is 0 Å². The van der Waals surface area contributed by atoms with Crippen LogP contribution in [0.4, 0.5) is 15.8 Å². The number of hydrogen-bond acceptors (Lipinski definition) is 5. The zero-order chi connectivity index (χ0) is 20.9. The summed E-state index contributed by atoms with van der Waals surface area (Å²) in [4.78, 5) is 23.0. The maximum atomic E-state index is 15.1. The van der Waals surface area contributed by atoms with Gasteiger partial charge >= 0.3 is 0 Å². The molecule has 1 amide bonds. The summed E-state index contributed by atoms with van der Waals surface area (Å²) in [5.41, 5.74) is 1.89. The molecule has 154 valence electrons. The smallest absolute Gasteiger partial charge is 0.281 e. The summed E-state index contributed by atoms with van der Waals surface area (Å²) in [6, 6.07) is 13.7. The molecule has 2 heterocycles. The molecule has 0 atom stereocenters. The average Bonchev–Trinajstić information content (AvgIpc) is 2.81. The number of para-hydroxylation sites is 2. The summed E-state index contributed by atoms with van der Waals surface area (Å²) < 4.78 is 20.5. The summed E-state index contributed by atoms with van der Waals surface area (Å²) in [5, 5.41) is 3.36. The Morgan fingerprint density at radius 2 is 1.93 bits per heavy atom. The normalized spacial score (nSPS) is 14.3. The number of piperidine rings is 1. The van der Waals surface area contributed by atoms with Crippen molar-refractivity contribution in [3.05, 3.63) is 78.1 Å². The number of nitrogens with one attached hydrogen (secondary N) is 1. The lowest BCUT2D eigenvalue weighted by Crippen LogP contribution is -2.31. The van der Waals surface area contributed by atoms with Gasteiger partial charge in [-0.05, 0) is 61.7 Å². The predicted octanol–water partition coefficient (Wildman–Crippen LogP) is 4.07. The van der Waals surface area contributed by atoms with Crippen molar-refractivity contribution in [2.75, 3.05) is 25.1 Å². The third-order valence-corrected chi connectivity index (χ3v) is 5.35. The van der Waals surface area contributed by atoms with E-state index in [4.69, 9.17) is 4.74 Å². The second-order valence-corrected chi connectivity index (χ2v) is 7.11. The van der Waals surface area contributed by atoms with Crippen LogP contribution >= 0.6 is 0 Å². The molecule has 0 aliphatic carbocycles. The fourth-order valence-electron chi connectivity index (χ4n) is 3.91. The van der Waals surface area contributed by atoms with Crippen LogP contribution in [0.15, 0.2) is 61.1 Å². The van der Waals surface area contributed by atoms with Gasteiger partial charge in [-0.2, -0.15) is 0 Å². The Balaban J connectivity index is 1.91. The topological polar surface area (TPSA) is 67.3 Å². The molecule has 4 rings (SSSR count). The molecule has 0 bridgehead atoms. The number of aromatic nitrogens is 2. The highest BCUT2D eigenvalue weighted by atomic mass is 19.1. The van der Waals surface area contributed by atoms with Crippen molar-refractivity contribution in [2.24, 2.45) is 0 Å². The van der Waals surface area contributed by atoms with Crippen molar-refractivity contribution in [1.82, 2.24) is 15.3 Å². The number of ether oxygens (including phenoxy) is 1. The Bertz CT molecular complexity index is 1020. The molecule has 1 fully saturated rings. The Labute approximate surface area is 174 Å². The van der Waals surface area contributed by atoms with E-state index >= 15 is 4.39 Å². The maximum Gasteiger partial charge on any atom is 0.281 e. The molecule has 1 saturated heterocycles. The van der Waals surface area contributed by atoms with Gasteiger partial charge in [-0.1, -0.05) is 24.3 Å². The zero-order valence-electron chi connectivity index (χ0n) is 16.7. The van der Waals surface area contributed by atoms with Crippen molar-refractivity contribution < 1.29 is 13.9 Å². The van der Waals surface area contributed by atoms with Crippen LogP contribution in [0, 0.1) is 5.82 Å². The number of methoxy groups -OCH3 is 1. The van der Waals surface area contributed by atoms with Gasteiger partial charge in [0, 0.05) is 6.20 Å². The zero-order valence-corrected chi connectivity index (χ0v) is 16.7. The Morgan fingerprint density at radius 1 is 1.13 bits per heavy atom. The molecule has 1 N–H and O–H groups in total. The van der Waals surface area contributed by atoms with E-state index < -0.39 is 11.7 Å². The van der Waals surface area contributed by atoms with E-state index in [-0.39, 0.29) is 23.0 Å². The lowest BCUT2D eigenvalue weighted by Gasteiger charge is -2.31. The third kappa shape index (κ3) is 3.89. The summed E-state index contributed by atoms with van der Waals surface area (Å²) in [6.45, 7) is 1.81. The number of carbonyl (C=O) groups is 1. The highest BCUT2D eigenvalue weighted by Gasteiger charge is 2.30. The number of benzene rings is 2. The summed E-state index contributed by atoms with van der Waals surface area (Å²) in [7, 11) is 1.46. The van der Waals surface area contributed by atoms with Crippen LogP contribution in [-0.4, -0.2) is 36.1 Å². The molecule has 2 aromatic carbocycles. The monoisotopic (exact) mass is 406 g/mol. The first-order valence-corrected chi connectivity index (χ1v) is 9.93. The van der Waals surface area contributed by atoms with Crippen molar-refractivity contribution in [3.8, 4) is 5.75 Å². The quantitative estimate of drug-likeness (QED) is 0.692. The molecule has 1 aliphatic rings. The van der Waals surface area contributed by atoms with Crippen LogP contribution in [-0.2, 0) is 0 Å². The van der Waals surface area contributed by atoms with Gasteiger partial charge in [-0.15, -0.1) is 0 Å². The molecule has 1 aromatic heterocycles. The minimum atomic E-state index is -0.545. The molecular weight excluding hydrogens is 383 g/mol. The van der Waals surface area contributed by atoms with E-state index in [1.54, 1.807) is 12.1 Å². The van der Waals surface area contributed by atoms with Crippen molar-refractivity contribution >= 4 is 17.3 Å². The minimum Gasteiger partial charge on any atom is -0.494 e. The average molecular weight is 406 g/mol. The second kappa shape index (κ2) is 9.00. The van der Waals surface area contributed by atoms with Crippen LogP contribution in [0.1, 0.15) is 34.8 Å². The van der Waals surface area contributed by atoms with E-state index in [1.807, 2.05) is 24.3 Å². The fraction of sp³-hybridized carbons (Fsp3) is 0.261. The predicted molar refractivity (Wildman–Crippen MR) is 113 cm³/mol. The lowest BCUT2D eigenvalue weighted by atomic mass is 9.88. The van der Waals surface area contributed by atoms with Crippen molar-refractivity contribution in [3.63, 3.8) is 0 Å². The van der Waals surface area contributed by atoms with E-state index in [9.17, 15) is 4.79 Å². The van der Waals surface area contributed by atoms with Gasteiger partial charge in [0.05, 0.1) is 12.8 Å². The van der Waals surface area contributed by atoms with Gasteiger partial charge in [0.25, 0.3) is 5.91 Å². The molecule has 3 aromatic rings. The highest BCUT2D eigenvalue weighted by molar-refractivity contribution is 6.11. The van der Waals surface area contributed by atoms with E-state index in [0.29, 0.717) is 5.69 Å². The molecular formula is C23H23FN4O2. The number of anilines is 2. The van der Waals surface area contributed by atoms with Crippen molar-refractivity contribution in [2.45, 2.75) is 18.8 Å². The molecule has 7 heteroatoms. The maximum absolute atomic E-state index is 15.1. The fourth-order valence-corrected chi connectivity index (χ4v) is 3.91. The summed E-state index contributed by atoms with van der Waals surface area (Å²) >= 11 is 0. The van der Waals surface area contributed by atoms with Gasteiger partial charge in [-0.25, -0.2) is 14.4 Å². The Kier molecular flexibility index (Phi) is 5.99. The largest absolute Gasteiger partial charge is 0.494 e. The number of nitrogens with zero attached hydrogens (tertiary/aromatic N) is 3. The van der Waals surface area contributed by atoms with E-state index in [1.165, 1.54) is 36.7 Å². The number of hydrogen-bond donors (Lipinski definition) is 1.